The van der Waals surface area contributed by atoms with E-state index in [4.69, 9.17) is 5.73 Å². The maximum absolute atomic E-state index is 11.8. The summed E-state index contributed by atoms with van der Waals surface area (Å²) in [6.45, 7) is 2.24. The average molecular weight is 240 g/mol. The van der Waals surface area contributed by atoms with Gasteiger partial charge in [-0.1, -0.05) is 12.1 Å². The Morgan fingerprint density at radius 1 is 1.50 bits per heavy atom. The van der Waals surface area contributed by atoms with Gasteiger partial charge in [0.15, 0.2) is 0 Å². The number of anilines is 1. The first-order valence-electron chi connectivity index (χ1n) is 4.95. The van der Waals surface area contributed by atoms with Gasteiger partial charge in [-0.05, 0) is 18.6 Å². The lowest BCUT2D eigenvalue weighted by Gasteiger charge is -2.09. The number of aryl methyl sites for hydroxylation is 1. The van der Waals surface area contributed by atoms with Crippen LogP contribution in [0.3, 0.4) is 0 Å². The molecule has 0 fully saturated rings. The van der Waals surface area contributed by atoms with Crippen LogP contribution in [-0.2, 0) is 10.8 Å². The van der Waals surface area contributed by atoms with Crippen molar-refractivity contribution in [3.05, 3.63) is 29.3 Å². The molecule has 1 amide bonds. The third kappa shape index (κ3) is 3.34. The van der Waals surface area contributed by atoms with Gasteiger partial charge in [0.05, 0.1) is 5.56 Å². The zero-order valence-corrected chi connectivity index (χ0v) is 10.3. The van der Waals surface area contributed by atoms with Crippen LogP contribution in [0.4, 0.5) is 5.69 Å². The number of nitrogens with one attached hydrogen (secondary N) is 1. The highest BCUT2D eigenvalue weighted by Gasteiger charge is 2.11. The van der Waals surface area contributed by atoms with Crippen molar-refractivity contribution in [3.63, 3.8) is 0 Å². The highest BCUT2D eigenvalue weighted by Crippen LogP contribution is 2.15. The summed E-state index contributed by atoms with van der Waals surface area (Å²) in [5.74, 6) is 0.249. The van der Waals surface area contributed by atoms with Crippen molar-refractivity contribution < 1.29 is 9.00 Å². The molecule has 0 bridgehead atoms. The summed E-state index contributed by atoms with van der Waals surface area (Å²) < 4.78 is 10.8. The van der Waals surface area contributed by atoms with Gasteiger partial charge in [0.1, 0.15) is 0 Å². The smallest absolute Gasteiger partial charge is 0.253 e. The molecule has 1 aromatic rings. The summed E-state index contributed by atoms with van der Waals surface area (Å²) in [5.41, 5.74) is 7.55. The molecule has 0 saturated heterocycles. The van der Waals surface area contributed by atoms with Crippen molar-refractivity contribution in [2.45, 2.75) is 6.92 Å². The van der Waals surface area contributed by atoms with E-state index >= 15 is 0 Å². The normalized spacial score (nSPS) is 12.1. The van der Waals surface area contributed by atoms with E-state index in [1.165, 1.54) is 0 Å². The Balaban J connectivity index is 2.70. The molecule has 88 valence electrons. The number of benzene rings is 1. The Morgan fingerprint density at radius 2 is 2.19 bits per heavy atom. The van der Waals surface area contributed by atoms with Gasteiger partial charge in [-0.15, -0.1) is 0 Å². The maximum Gasteiger partial charge on any atom is 0.253 e. The van der Waals surface area contributed by atoms with Gasteiger partial charge >= 0.3 is 0 Å². The summed E-state index contributed by atoms with van der Waals surface area (Å²) in [4.78, 5) is 11.8. The van der Waals surface area contributed by atoms with Crippen LogP contribution in [0.25, 0.3) is 0 Å². The van der Waals surface area contributed by atoms with E-state index in [-0.39, 0.29) is 5.91 Å². The van der Waals surface area contributed by atoms with Crippen molar-refractivity contribution in [1.29, 1.82) is 0 Å². The third-order valence-electron chi connectivity index (χ3n) is 2.21. The molecule has 16 heavy (non-hydrogen) atoms. The number of amides is 1. The first-order chi connectivity index (χ1) is 7.52. The van der Waals surface area contributed by atoms with Crippen LogP contribution >= 0.6 is 0 Å². The van der Waals surface area contributed by atoms with Crippen molar-refractivity contribution in [1.82, 2.24) is 5.32 Å². The first kappa shape index (κ1) is 12.7. The molecule has 1 atom stereocenters. The Hall–Kier alpha value is -1.36. The van der Waals surface area contributed by atoms with Crippen LogP contribution < -0.4 is 11.1 Å². The quantitative estimate of drug-likeness (QED) is 0.760. The van der Waals surface area contributed by atoms with Crippen LogP contribution in [0.15, 0.2) is 18.2 Å². The molecule has 0 aliphatic carbocycles. The van der Waals surface area contributed by atoms with Crippen molar-refractivity contribution in [3.8, 4) is 0 Å². The van der Waals surface area contributed by atoms with E-state index in [1.807, 2.05) is 19.1 Å². The van der Waals surface area contributed by atoms with Gasteiger partial charge < -0.3 is 11.1 Å². The molecule has 0 radical (unpaired) electrons. The highest BCUT2D eigenvalue weighted by molar-refractivity contribution is 7.84. The van der Waals surface area contributed by atoms with Gasteiger partial charge in [0.2, 0.25) is 0 Å². The molecule has 1 rings (SSSR count). The molecule has 5 heteroatoms. The third-order valence-corrected chi connectivity index (χ3v) is 2.99. The minimum atomic E-state index is -0.895. The predicted octanol–water partition coefficient (Wildman–Crippen LogP) is 0.686. The number of rotatable bonds is 4. The Labute approximate surface area is 97.7 Å². The van der Waals surface area contributed by atoms with Crippen LogP contribution in [0.1, 0.15) is 15.9 Å². The summed E-state index contributed by atoms with van der Waals surface area (Å²) in [6.07, 6.45) is 1.61. The van der Waals surface area contributed by atoms with Crippen LogP contribution in [0.5, 0.6) is 0 Å². The van der Waals surface area contributed by atoms with Crippen molar-refractivity contribution >= 4 is 22.4 Å². The molecule has 3 N–H and O–H groups in total. The Kier molecular flexibility index (Phi) is 4.49. The number of carbonyl (C=O) groups excluding carboxylic acids is 1. The summed E-state index contributed by atoms with van der Waals surface area (Å²) in [7, 11) is -0.895. The minimum Gasteiger partial charge on any atom is -0.398 e. The van der Waals surface area contributed by atoms with E-state index < -0.39 is 10.8 Å². The average Bonchev–Trinajstić information content (AvgIpc) is 2.16. The largest absolute Gasteiger partial charge is 0.398 e. The summed E-state index contributed by atoms with van der Waals surface area (Å²) >= 11 is 0. The van der Waals surface area contributed by atoms with Gasteiger partial charge in [0, 0.05) is 35.0 Å². The van der Waals surface area contributed by atoms with Crippen LogP contribution in [-0.4, -0.2) is 28.7 Å². The molecule has 0 aliphatic heterocycles. The summed E-state index contributed by atoms with van der Waals surface area (Å²) in [6, 6.07) is 5.34. The second-order valence-corrected chi connectivity index (χ2v) is 5.13. The van der Waals surface area contributed by atoms with Gasteiger partial charge in [-0.2, -0.15) is 0 Å². The molecule has 0 aliphatic rings. The zero-order valence-electron chi connectivity index (χ0n) is 9.45. The second-order valence-electron chi connectivity index (χ2n) is 3.57. The van der Waals surface area contributed by atoms with E-state index in [1.54, 1.807) is 12.3 Å². The number of carbonyl (C=O) groups is 1. The van der Waals surface area contributed by atoms with Crippen molar-refractivity contribution in [2.75, 3.05) is 24.3 Å². The molecule has 1 unspecified atom stereocenters. The number of nitrogens with two attached hydrogens (primary N) is 1. The van der Waals surface area contributed by atoms with E-state index in [0.29, 0.717) is 23.5 Å². The highest BCUT2D eigenvalue weighted by atomic mass is 32.2. The zero-order chi connectivity index (χ0) is 12.1. The SMILES string of the molecule is Cc1cccc(N)c1C(=O)NCCS(C)=O. The fourth-order valence-corrected chi connectivity index (χ4v) is 1.79. The first-order valence-corrected chi connectivity index (χ1v) is 6.68. The van der Waals surface area contributed by atoms with E-state index in [2.05, 4.69) is 5.32 Å². The molecule has 4 nitrogen and oxygen atoms in total. The fourth-order valence-electron chi connectivity index (χ4n) is 1.40. The number of hydrogen-bond donors (Lipinski definition) is 2. The number of hydrogen-bond acceptors (Lipinski definition) is 3. The minimum absolute atomic E-state index is 0.207. The molecule has 0 saturated carbocycles. The lowest BCUT2D eigenvalue weighted by Crippen LogP contribution is -2.28. The molecule has 0 spiro atoms. The predicted molar refractivity (Wildman–Crippen MR) is 66.9 cm³/mol. The van der Waals surface area contributed by atoms with Gasteiger partial charge in [-0.3, -0.25) is 9.00 Å². The van der Waals surface area contributed by atoms with E-state index in [9.17, 15) is 9.00 Å². The molecule has 0 aromatic heterocycles. The standard InChI is InChI=1S/C11H16N2O2S/c1-8-4-3-5-9(12)10(8)11(14)13-6-7-16(2)15/h3-5H,6-7,12H2,1-2H3,(H,13,14). The second kappa shape index (κ2) is 5.65. The molecule has 0 heterocycles. The molecular formula is C11H16N2O2S. The van der Waals surface area contributed by atoms with Gasteiger partial charge in [-0.25, -0.2) is 0 Å². The van der Waals surface area contributed by atoms with Gasteiger partial charge in [0.25, 0.3) is 5.91 Å². The van der Waals surface area contributed by atoms with E-state index in [0.717, 1.165) is 5.56 Å². The van der Waals surface area contributed by atoms with Crippen LogP contribution in [0.2, 0.25) is 0 Å². The maximum atomic E-state index is 11.8. The molecule has 1 aromatic carbocycles. The molecular weight excluding hydrogens is 224 g/mol. The Bertz CT molecular complexity index is 398. The monoisotopic (exact) mass is 240 g/mol. The lowest BCUT2D eigenvalue weighted by atomic mass is 10.1. The lowest BCUT2D eigenvalue weighted by molar-refractivity contribution is 0.0956. The fraction of sp³-hybridized carbons (Fsp3) is 0.364. The van der Waals surface area contributed by atoms with Crippen molar-refractivity contribution in [2.24, 2.45) is 0 Å². The summed E-state index contributed by atoms with van der Waals surface area (Å²) in [5, 5.41) is 2.70. The number of nitrogen functional groups attached to an aromatic ring is 1. The van der Waals surface area contributed by atoms with Crippen LogP contribution in [0, 0.1) is 6.92 Å². The Morgan fingerprint density at radius 3 is 2.75 bits per heavy atom. The topological polar surface area (TPSA) is 72.2 Å².